The molecule has 31 heavy (non-hydrogen) atoms. The highest BCUT2D eigenvalue weighted by Gasteiger charge is 2.42. The summed E-state index contributed by atoms with van der Waals surface area (Å²) in [4.78, 5) is 7.72. The summed E-state index contributed by atoms with van der Waals surface area (Å²) in [6, 6.07) is 5.30. The number of guanidine groups is 1. The number of nitrogens with two attached hydrogens (primary N) is 1. The lowest BCUT2D eigenvalue weighted by Crippen LogP contribution is -2.50. The van der Waals surface area contributed by atoms with Crippen molar-refractivity contribution in [3.05, 3.63) is 59.0 Å². The molecule has 1 aromatic carbocycles. The highest BCUT2D eigenvalue weighted by molar-refractivity contribution is 7.89. The zero-order chi connectivity index (χ0) is 23.2. The van der Waals surface area contributed by atoms with Crippen LogP contribution >= 0.6 is 0 Å². The van der Waals surface area contributed by atoms with Crippen molar-refractivity contribution in [3.8, 4) is 0 Å². The number of halogens is 4. The number of nitrogens with zero attached hydrogens (tertiary/aromatic N) is 3. The number of aromatic nitrogens is 1. The van der Waals surface area contributed by atoms with Crippen molar-refractivity contribution >= 4 is 21.8 Å². The van der Waals surface area contributed by atoms with Crippen LogP contribution in [-0.4, -0.2) is 41.6 Å². The Bertz CT molecular complexity index is 1120. The number of alkyl halides is 3. The zero-order valence-corrected chi connectivity index (χ0v) is 17.2. The second-order valence-electron chi connectivity index (χ2n) is 7.18. The van der Waals surface area contributed by atoms with Gasteiger partial charge in [0.1, 0.15) is 17.2 Å². The van der Waals surface area contributed by atoms with Crippen molar-refractivity contribution in [3.63, 3.8) is 0 Å². The zero-order valence-electron chi connectivity index (χ0n) is 16.4. The maximum atomic E-state index is 14.6. The summed E-state index contributed by atoms with van der Waals surface area (Å²) in [5.74, 6) is -1.68. The van der Waals surface area contributed by atoms with Crippen LogP contribution < -0.4 is 11.1 Å². The number of nitrogens with one attached hydrogen (secondary N) is 1. The Morgan fingerprint density at radius 2 is 1.97 bits per heavy atom. The predicted molar refractivity (Wildman–Crippen MR) is 105 cm³/mol. The first-order chi connectivity index (χ1) is 14.2. The molecule has 1 unspecified atom stereocenters. The van der Waals surface area contributed by atoms with Gasteiger partial charge in [-0.15, -0.1) is 0 Å². The second kappa shape index (κ2) is 7.64. The fourth-order valence-electron chi connectivity index (χ4n) is 3.08. The van der Waals surface area contributed by atoms with Gasteiger partial charge >= 0.3 is 6.18 Å². The average molecular weight is 461 g/mol. The molecule has 0 saturated carbocycles. The van der Waals surface area contributed by atoms with E-state index in [1.165, 1.54) is 26.1 Å². The number of aliphatic hydroxyl groups excluding tert-OH is 1. The van der Waals surface area contributed by atoms with Crippen LogP contribution in [0.5, 0.6) is 0 Å². The van der Waals surface area contributed by atoms with Crippen molar-refractivity contribution in [2.75, 3.05) is 18.1 Å². The molecular formula is C18H19F4N5O3S. The van der Waals surface area contributed by atoms with Gasteiger partial charge in [-0.2, -0.15) is 13.2 Å². The lowest BCUT2D eigenvalue weighted by molar-refractivity contribution is -0.137. The van der Waals surface area contributed by atoms with Gasteiger partial charge in [0.15, 0.2) is 6.23 Å². The van der Waals surface area contributed by atoms with E-state index in [0.29, 0.717) is 6.20 Å². The lowest BCUT2D eigenvalue weighted by atomic mass is 9.92. The van der Waals surface area contributed by atoms with Crippen LogP contribution in [-0.2, 0) is 21.7 Å². The standard InChI is InChI=1S/C18H19F4N5O3S/c1-17(9-31(29,30)27(2)16(23)26-17)12-7-10(3-5-13(12)19)15(28)25-14-6-4-11(8-24-14)18(20,21)22/h3-8,15,28H,9H2,1-2H3,(H2,23,26)(H,24,25)/t15?,17-/m0/s1. The first kappa shape index (κ1) is 22.7. The maximum absolute atomic E-state index is 14.6. The van der Waals surface area contributed by atoms with Gasteiger partial charge in [0.2, 0.25) is 16.0 Å². The predicted octanol–water partition coefficient (Wildman–Crippen LogP) is 2.15. The van der Waals surface area contributed by atoms with Crippen molar-refractivity contribution in [1.29, 1.82) is 0 Å². The van der Waals surface area contributed by atoms with Gasteiger partial charge < -0.3 is 16.2 Å². The topological polar surface area (TPSA) is 121 Å². The molecule has 2 heterocycles. The molecule has 4 N–H and O–H groups in total. The summed E-state index contributed by atoms with van der Waals surface area (Å²) in [6.45, 7) is 1.39. The van der Waals surface area contributed by atoms with Gasteiger partial charge in [-0.25, -0.2) is 27.1 Å². The van der Waals surface area contributed by atoms with Crippen LogP contribution in [0.2, 0.25) is 0 Å². The molecule has 0 aliphatic carbocycles. The molecule has 1 aromatic heterocycles. The normalized spacial score (nSPS) is 22.0. The Labute approximate surface area is 175 Å². The molecule has 168 valence electrons. The van der Waals surface area contributed by atoms with E-state index in [0.717, 1.165) is 22.5 Å². The minimum Gasteiger partial charge on any atom is -0.369 e. The lowest BCUT2D eigenvalue weighted by Gasteiger charge is -2.35. The van der Waals surface area contributed by atoms with Crippen LogP contribution in [0.4, 0.5) is 23.4 Å². The molecule has 1 aliphatic rings. The number of benzene rings is 1. The number of pyridine rings is 1. The molecule has 0 radical (unpaired) electrons. The van der Waals surface area contributed by atoms with E-state index >= 15 is 0 Å². The third kappa shape index (κ3) is 4.56. The number of hydrogen-bond donors (Lipinski definition) is 3. The molecule has 0 amide bonds. The van der Waals surface area contributed by atoms with Crippen molar-refractivity contribution in [1.82, 2.24) is 9.29 Å². The quantitative estimate of drug-likeness (QED) is 0.474. The molecule has 1 aliphatic heterocycles. The van der Waals surface area contributed by atoms with Gasteiger partial charge in [0, 0.05) is 24.4 Å². The Kier molecular flexibility index (Phi) is 5.61. The highest BCUT2D eigenvalue weighted by Crippen LogP contribution is 2.35. The molecule has 3 rings (SSSR count). The third-order valence-electron chi connectivity index (χ3n) is 4.83. The highest BCUT2D eigenvalue weighted by atomic mass is 32.2. The number of hydrogen-bond acceptors (Lipinski definition) is 7. The van der Waals surface area contributed by atoms with Crippen LogP contribution in [0.1, 0.15) is 29.8 Å². The number of rotatable bonds is 4. The molecule has 0 spiro atoms. The van der Waals surface area contributed by atoms with E-state index in [1.54, 1.807) is 0 Å². The molecule has 0 fully saturated rings. The fraction of sp³-hybridized carbons (Fsp3) is 0.333. The van der Waals surface area contributed by atoms with E-state index in [1.807, 2.05) is 0 Å². The monoisotopic (exact) mass is 461 g/mol. The Morgan fingerprint density at radius 1 is 1.29 bits per heavy atom. The minimum atomic E-state index is -4.55. The SMILES string of the molecule is CN1C(N)=N[C@](C)(c2cc(C(O)Nc3ccc(C(F)(F)F)cn3)ccc2F)CS1(=O)=O. The molecule has 13 heteroatoms. The molecule has 2 aromatic rings. The van der Waals surface area contributed by atoms with Crippen LogP contribution in [0.15, 0.2) is 41.5 Å². The first-order valence-corrected chi connectivity index (χ1v) is 10.4. The van der Waals surface area contributed by atoms with Gasteiger partial charge in [0.05, 0.1) is 11.3 Å². The molecular weight excluding hydrogens is 442 g/mol. The van der Waals surface area contributed by atoms with Crippen LogP contribution in [0.25, 0.3) is 0 Å². The number of anilines is 1. The summed E-state index contributed by atoms with van der Waals surface area (Å²) in [6.07, 6.45) is -5.42. The smallest absolute Gasteiger partial charge is 0.369 e. The molecule has 0 saturated heterocycles. The van der Waals surface area contributed by atoms with E-state index in [-0.39, 0.29) is 22.9 Å². The van der Waals surface area contributed by atoms with Crippen molar-refractivity contribution in [2.45, 2.75) is 24.9 Å². The minimum absolute atomic E-state index is 0.0540. The first-order valence-electron chi connectivity index (χ1n) is 8.83. The van der Waals surface area contributed by atoms with E-state index < -0.39 is 45.1 Å². The van der Waals surface area contributed by atoms with Gasteiger partial charge in [0.25, 0.3) is 0 Å². The maximum Gasteiger partial charge on any atom is 0.417 e. The van der Waals surface area contributed by atoms with E-state index in [9.17, 15) is 31.1 Å². The molecule has 0 bridgehead atoms. The second-order valence-corrected chi connectivity index (χ2v) is 9.18. The molecule has 2 atom stereocenters. The van der Waals surface area contributed by atoms with Gasteiger partial charge in [-0.3, -0.25) is 0 Å². The van der Waals surface area contributed by atoms with Crippen molar-refractivity contribution < 1.29 is 31.1 Å². The Hall–Kier alpha value is -2.93. The number of aliphatic imine (C=N–C) groups is 1. The van der Waals surface area contributed by atoms with Crippen LogP contribution in [0, 0.1) is 5.82 Å². The summed E-state index contributed by atoms with van der Waals surface area (Å²) < 4.78 is 78.0. The van der Waals surface area contributed by atoms with E-state index in [2.05, 4.69) is 15.3 Å². The number of sulfonamides is 1. The number of aliphatic hydroxyl groups is 1. The largest absolute Gasteiger partial charge is 0.417 e. The van der Waals surface area contributed by atoms with Crippen molar-refractivity contribution in [2.24, 2.45) is 10.7 Å². The average Bonchev–Trinajstić information content (AvgIpc) is 2.65. The molecule has 8 nitrogen and oxygen atoms in total. The summed E-state index contributed by atoms with van der Waals surface area (Å²) in [5, 5.41) is 12.9. The fourth-order valence-corrected chi connectivity index (χ4v) is 4.53. The van der Waals surface area contributed by atoms with Crippen LogP contribution in [0.3, 0.4) is 0 Å². The summed E-state index contributed by atoms with van der Waals surface area (Å²) in [7, 11) is -2.62. The van der Waals surface area contributed by atoms with Gasteiger partial charge in [-0.05, 0) is 31.2 Å². The Morgan fingerprint density at radius 3 is 2.52 bits per heavy atom. The van der Waals surface area contributed by atoms with Gasteiger partial charge in [-0.1, -0.05) is 6.07 Å². The summed E-state index contributed by atoms with van der Waals surface area (Å²) >= 11 is 0. The third-order valence-corrected chi connectivity index (χ3v) is 6.77. The Balaban J connectivity index is 1.90. The van der Waals surface area contributed by atoms with E-state index in [4.69, 9.17) is 5.73 Å². The summed E-state index contributed by atoms with van der Waals surface area (Å²) in [5.41, 5.74) is 3.17.